The highest BCUT2D eigenvalue weighted by Crippen LogP contribution is 2.42. The quantitative estimate of drug-likeness (QED) is 0.193. The molecule has 2 aromatic carbocycles. The van der Waals surface area contributed by atoms with E-state index in [1.807, 2.05) is 0 Å². The van der Waals surface area contributed by atoms with Crippen LogP contribution in [-0.2, 0) is 18.9 Å². The first kappa shape index (κ1) is 35.2. The number of aliphatic hydroxyl groups is 6. The second-order valence-corrected chi connectivity index (χ2v) is 10.9. The van der Waals surface area contributed by atoms with Crippen LogP contribution in [0.3, 0.4) is 0 Å². The van der Waals surface area contributed by atoms with Crippen molar-refractivity contribution in [3.05, 3.63) is 35.4 Å². The predicted molar refractivity (Wildman–Crippen MR) is 154 cm³/mol. The van der Waals surface area contributed by atoms with Gasteiger partial charge in [0.25, 0.3) is 0 Å². The highest BCUT2D eigenvalue weighted by Gasteiger charge is 2.48. The minimum atomic E-state index is -1.81. The van der Waals surface area contributed by atoms with Crippen LogP contribution in [0.5, 0.6) is 34.5 Å². The van der Waals surface area contributed by atoms with Gasteiger partial charge in [0, 0.05) is 0 Å². The summed E-state index contributed by atoms with van der Waals surface area (Å²) in [4.78, 5) is 26.3. The van der Waals surface area contributed by atoms with Gasteiger partial charge in [0.05, 0.1) is 39.6 Å². The summed E-state index contributed by atoms with van der Waals surface area (Å²) in [5.41, 5.74) is -0.256. The van der Waals surface area contributed by atoms with Crippen LogP contribution in [0, 0.1) is 0 Å². The van der Waals surface area contributed by atoms with Gasteiger partial charge in [-0.1, -0.05) is 0 Å². The molecule has 6 heterocycles. The third kappa shape index (κ3) is 6.74. The molecule has 2 saturated heterocycles. The van der Waals surface area contributed by atoms with Crippen LogP contribution in [0.25, 0.3) is 0 Å². The lowest BCUT2D eigenvalue weighted by atomic mass is 9.99. The molecule has 6 aliphatic heterocycles. The number of carbonyl (C=O) groups excluding carboxylic acids is 2. The minimum absolute atomic E-state index is 0.102. The lowest BCUT2D eigenvalue weighted by Gasteiger charge is -2.40. The van der Waals surface area contributed by atoms with E-state index >= 15 is 0 Å². The van der Waals surface area contributed by atoms with Crippen LogP contribution < -0.4 is 28.4 Å². The number of ether oxygens (including phenoxy) is 10. The molecule has 0 spiro atoms. The normalized spacial score (nSPS) is 32.4. The second kappa shape index (κ2) is 14.5. The van der Waals surface area contributed by atoms with Gasteiger partial charge in [0.1, 0.15) is 62.0 Å². The summed E-state index contributed by atoms with van der Waals surface area (Å²) in [6.07, 6.45) is -16.8. The molecule has 0 radical (unpaired) electrons. The molecule has 8 rings (SSSR count). The maximum absolute atomic E-state index is 13.1. The first-order valence-corrected chi connectivity index (χ1v) is 14.5. The fourth-order valence-electron chi connectivity index (χ4n) is 5.25. The Hall–Kier alpha value is -4.14. The Morgan fingerprint density at radius 1 is 0.521 bits per heavy atom. The zero-order valence-electron chi connectivity index (χ0n) is 26.1. The van der Waals surface area contributed by atoms with E-state index in [1.54, 1.807) is 0 Å². The van der Waals surface area contributed by atoms with Crippen molar-refractivity contribution in [3.63, 3.8) is 0 Å². The van der Waals surface area contributed by atoms with E-state index < -0.39 is 86.6 Å². The Morgan fingerprint density at radius 2 is 0.833 bits per heavy atom. The van der Waals surface area contributed by atoms with Crippen LogP contribution in [0.4, 0.5) is 0 Å². The van der Waals surface area contributed by atoms with E-state index in [4.69, 9.17) is 47.4 Å². The molecular formula is C30H36O18. The monoisotopic (exact) mass is 684 g/mol. The van der Waals surface area contributed by atoms with Crippen LogP contribution >= 0.6 is 0 Å². The molecule has 10 atom stereocenters. The van der Waals surface area contributed by atoms with Crippen molar-refractivity contribution in [2.24, 2.45) is 0 Å². The van der Waals surface area contributed by atoms with E-state index in [2.05, 4.69) is 0 Å². The van der Waals surface area contributed by atoms with Crippen LogP contribution in [0.2, 0.25) is 0 Å². The summed E-state index contributed by atoms with van der Waals surface area (Å²) in [5.74, 6) is -2.67. The van der Waals surface area contributed by atoms with E-state index in [1.165, 1.54) is 52.7 Å². The fraction of sp³-hybridized carbons (Fsp3) is 0.533. The first-order valence-electron chi connectivity index (χ1n) is 14.5. The lowest BCUT2D eigenvalue weighted by molar-refractivity contribution is -0.277. The molecular weight excluding hydrogens is 648 g/mol. The number of esters is 2. The van der Waals surface area contributed by atoms with Gasteiger partial charge in [-0.15, -0.1) is 0 Å². The number of rotatable bonds is 4. The molecule has 18 nitrogen and oxygen atoms in total. The largest absolute Gasteiger partial charge is 0.493 e. The van der Waals surface area contributed by atoms with Crippen molar-refractivity contribution in [2.75, 3.05) is 41.7 Å². The molecule has 6 N–H and O–H groups in total. The zero-order chi connectivity index (χ0) is 34.9. The number of carbonyl (C=O) groups is 2. The average molecular weight is 685 g/mol. The summed E-state index contributed by atoms with van der Waals surface area (Å²) in [6.45, 7) is -1.26. The molecule has 48 heavy (non-hydrogen) atoms. The van der Waals surface area contributed by atoms with E-state index in [0.717, 1.165) is 0 Å². The van der Waals surface area contributed by atoms with Crippen LogP contribution in [0.15, 0.2) is 24.3 Å². The fourth-order valence-corrected chi connectivity index (χ4v) is 5.25. The third-order valence-electron chi connectivity index (χ3n) is 7.96. The maximum Gasteiger partial charge on any atom is 0.338 e. The molecule has 2 aromatic rings. The number of hydrogen-bond donors (Lipinski definition) is 6. The van der Waals surface area contributed by atoms with E-state index in [-0.39, 0.29) is 45.6 Å². The minimum Gasteiger partial charge on any atom is -0.493 e. The summed E-state index contributed by atoms with van der Waals surface area (Å²) in [6, 6.07) is 4.82. The zero-order valence-corrected chi connectivity index (χ0v) is 26.1. The van der Waals surface area contributed by atoms with Crippen molar-refractivity contribution in [3.8, 4) is 34.5 Å². The number of aliphatic hydroxyl groups excluding tert-OH is 6. The second-order valence-electron chi connectivity index (χ2n) is 10.9. The summed E-state index contributed by atoms with van der Waals surface area (Å²) < 4.78 is 55.2. The summed E-state index contributed by atoms with van der Waals surface area (Å²) >= 11 is 0. The SMILES string of the molecule is COc1cc2cc(OC)c1OC1OC(COC(=O)c3cc(OC)c(c(OC)c3)OC3OC(COC2=O)C(O)C(O)C3O)C(O)C(O)C1O. The van der Waals surface area contributed by atoms with Gasteiger partial charge in [0.15, 0.2) is 23.0 Å². The molecule has 10 unspecified atom stereocenters. The Kier molecular flexibility index (Phi) is 10.7. The Balaban J connectivity index is 1.56. The highest BCUT2D eigenvalue weighted by atomic mass is 16.7. The standard InChI is InChI=1S/C30H36O18/c1-39-13-5-11-6-14(40-2)25(13)47-29-23(35)21(33)19(31)17(45-29)10-44-28(38)12-7-15(41-3)26(16(8-12)42-4)48-30-24(36)22(34)20(32)18(46-30)9-43-27(11)37/h5-8,17-24,29-36H,9-10H2,1-4H3. The molecule has 0 aromatic heterocycles. The van der Waals surface area contributed by atoms with Gasteiger partial charge >= 0.3 is 11.9 Å². The Labute approximate surface area is 272 Å². The van der Waals surface area contributed by atoms with Crippen molar-refractivity contribution in [1.82, 2.24) is 0 Å². The van der Waals surface area contributed by atoms with E-state index in [9.17, 15) is 40.2 Å². The topological polar surface area (TPSA) is 248 Å². The van der Waals surface area contributed by atoms with Gasteiger partial charge in [-0.25, -0.2) is 9.59 Å². The van der Waals surface area contributed by atoms with Crippen LogP contribution in [0.1, 0.15) is 20.7 Å². The molecule has 2 fully saturated rings. The highest BCUT2D eigenvalue weighted by molar-refractivity contribution is 5.92. The molecule has 264 valence electrons. The van der Waals surface area contributed by atoms with Gasteiger partial charge in [0.2, 0.25) is 24.1 Å². The summed E-state index contributed by atoms with van der Waals surface area (Å²) in [5, 5.41) is 63.8. The van der Waals surface area contributed by atoms with Crippen LogP contribution in [-0.4, -0.2) is 146 Å². The number of hydrogen-bond acceptors (Lipinski definition) is 18. The molecule has 18 heteroatoms. The molecule has 0 aliphatic carbocycles. The third-order valence-corrected chi connectivity index (χ3v) is 7.96. The maximum atomic E-state index is 13.1. The van der Waals surface area contributed by atoms with Gasteiger partial charge < -0.3 is 78.0 Å². The number of benzene rings is 2. The van der Waals surface area contributed by atoms with Crippen molar-refractivity contribution in [2.45, 2.75) is 61.4 Å². The molecule has 8 bridgehead atoms. The van der Waals surface area contributed by atoms with Gasteiger partial charge in [-0.2, -0.15) is 0 Å². The van der Waals surface area contributed by atoms with Crippen molar-refractivity contribution < 1.29 is 87.6 Å². The Bertz CT molecular complexity index is 1320. The first-order chi connectivity index (χ1) is 22.9. The van der Waals surface area contributed by atoms with E-state index in [0.29, 0.717) is 0 Å². The summed E-state index contributed by atoms with van der Waals surface area (Å²) in [7, 11) is 4.98. The smallest absolute Gasteiger partial charge is 0.338 e. The predicted octanol–water partition coefficient (Wildman–Crippen LogP) is -1.88. The molecule has 0 saturated carbocycles. The number of methoxy groups -OCH3 is 4. The van der Waals surface area contributed by atoms with Gasteiger partial charge in [-0.05, 0) is 24.3 Å². The molecule has 6 aliphatic rings. The lowest BCUT2D eigenvalue weighted by Crippen LogP contribution is -2.60. The van der Waals surface area contributed by atoms with Crippen molar-refractivity contribution in [1.29, 1.82) is 0 Å². The molecule has 0 amide bonds. The average Bonchev–Trinajstić information content (AvgIpc) is 3.09. The van der Waals surface area contributed by atoms with Gasteiger partial charge in [-0.3, -0.25) is 0 Å². The Morgan fingerprint density at radius 3 is 1.12 bits per heavy atom. The van der Waals surface area contributed by atoms with Crippen molar-refractivity contribution >= 4 is 11.9 Å².